The van der Waals surface area contributed by atoms with Crippen molar-refractivity contribution in [2.45, 2.75) is 0 Å². The van der Waals surface area contributed by atoms with E-state index >= 15 is 0 Å². The van der Waals surface area contributed by atoms with Gasteiger partial charge in [0.15, 0.2) is 0 Å². The Labute approximate surface area is 145 Å². The highest BCUT2D eigenvalue weighted by atomic mass is 35.5. The lowest BCUT2D eigenvalue weighted by molar-refractivity contribution is -0.385. The van der Waals surface area contributed by atoms with Crippen LogP contribution < -0.4 is 0 Å². The van der Waals surface area contributed by atoms with Gasteiger partial charge in [-0.3, -0.25) is 10.1 Å². The number of nitro benzene ring substituents is 1. The van der Waals surface area contributed by atoms with Crippen molar-refractivity contribution in [1.82, 2.24) is 0 Å². The van der Waals surface area contributed by atoms with Gasteiger partial charge >= 0.3 is 5.97 Å². The van der Waals surface area contributed by atoms with Gasteiger partial charge in [0.05, 0.1) is 26.1 Å². The average Bonchev–Trinajstić information content (AvgIpc) is 2.47. The standard InChI is InChI=1S/C15H8Cl3NO4/c16-10-2-4-14(19(22)23)9(5-10)6-11(15(20)21)8-1-3-12(17)13(18)7-8/h1-7H,(H,20,21). The van der Waals surface area contributed by atoms with Crippen molar-refractivity contribution < 1.29 is 14.8 Å². The molecule has 5 nitrogen and oxygen atoms in total. The fourth-order valence-electron chi connectivity index (χ4n) is 1.89. The number of nitrogens with zero attached hydrogens (tertiary/aromatic N) is 1. The molecule has 2 aromatic carbocycles. The van der Waals surface area contributed by atoms with Crippen molar-refractivity contribution in [1.29, 1.82) is 0 Å². The molecule has 0 radical (unpaired) electrons. The van der Waals surface area contributed by atoms with Crippen LogP contribution in [0.25, 0.3) is 11.6 Å². The van der Waals surface area contributed by atoms with Crippen molar-refractivity contribution in [3.8, 4) is 0 Å². The van der Waals surface area contributed by atoms with Crippen LogP contribution in [0.15, 0.2) is 36.4 Å². The van der Waals surface area contributed by atoms with E-state index in [-0.39, 0.29) is 37.5 Å². The normalized spacial score (nSPS) is 11.3. The highest BCUT2D eigenvalue weighted by Crippen LogP contribution is 2.30. The number of hydrogen-bond acceptors (Lipinski definition) is 3. The predicted molar refractivity (Wildman–Crippen MR) is 90.1 cm³/mol. The van der Waals surface area contributed by atoms with Gasteiger partial charge in [0.25, 0.3) is 5.69 Å². The van der Waals surface area contributed by atoms with Gasteiger partial charge in [-0.15, -0.1) is 0 Å². The number of carboxylic acids is 1. The SMILES string of the molecule is O=C(O)C(=Cc1cc(Cl)ccc1[N+](=O)[O-])c1ccc(Cl)c(Cl)c1. The molecule has 0 unspecified atom stereocenters. The highest BCUT2D eigenvalue weighted by Gasteiger charge is 2.17. The summed E-state index contributed by atoms with van der Waals surface area (Å²) >= 11 is 17.5. The Morgan fingerprint density at radius 1 is 1.09 bits per heavy atom. The summed E-state index contributed by atoms with van der Waals surface area (Å²) in [4.78, 5) is 22.0. The van der Waals surface area contributed by atoms with Gasteiger partial charge in [0.1, 0.15) is 0 Å². The summed E-state index contributed by atoms with van der Waals surface area (Å²) in [5.41, 5.74) is -0.0886. The Hall–Kier alpha value is -2.08. The van der Waals surface area contributed by atoms with E-state index in [4.69, 9.17) is 34.8 Å². The third-order valence-corrected chi connectivity index (χ3v) is 3.92. The van der Waals surface area contributed by atoms with Gasteiger partial charge in [-0.2, -0.15) is 0 Å². The Balaban J connectivity index is 2.64. The number of halogens is 3. The number of carboxylic acid groups (broad SMARTS) is 1. The summed E-state index contributed by atoms with van der Waals surface area (Å²) < 4.78 is 0. The van der Waals surface area contributed by atoms with E-state index in [0.717, 1.165) is 0 Å². The quantitative estimate of drug-likeness (QED) is 0.347. The summed E-state index contributed by atoms with van der Waals surface area (Å²) in [6.45, 7) is 0. The van der Waals surface area contributed by atoms with Crippen LogP contribution in [0, 0.1) is 10.1 Å². The maximum atomic E-state index is 11.5. The fourth-order valence-corrected chi connectivity index (χ4v) is 2.37. The maximum absolute atomic E-state index is 11.5. The van der Waals surface area contributed by atoms with Crippen molar-refractivity contribution >= 4 is 58.1 Å². The van der Waals surface area contributed by atoms with E-state index in [1.165, 1.54) is 42.5 Å². The zero-order valence-corrected chi connectivity index (χ0v) is 13.6. The van der Waals surface area contributed by atoms with Crippen LogP contribution in [0.4, 0.5) is 5.69 Å². The summed E-state index contributed by atoms with van der Waals surface area (Å²) in [5, 5.41) is 21.2. The topological polar surface area (TPSA) is 80.4 Å². The van der Waals surface area contributed by atoms with Crippen LogP contribution >= 0.6 is 34.8 Å². The Bertz CT molecular complexity index is 833. The van der Waals surface area contributed by atoms with Crippen LogP contribution in [0.3, 0.4) is 0 Å². The first kappa shape index (κ1) is 17.3. The molecular weight excluding hydrogens is 365 g/mol. The Kier molecular flexibility index (Phi) is 5.26. The minimum Gasteiger partial charge on any atom is -0.478 e. The maximum Gasteiger partial charge on any atom is 0.336 e. The van der Waals surface area contributed by atoms with E-state index in [2.05, 4.69) is 0 Å². The number of aliphatic carboxylic acids is 1. The van der Waals surface area contributed by atoms with Gasteiger partial charge in [0, 0.05) is 11.1 Å². The molecule has 23 heavy (non-hydrogen) atoms. The lowest BCUT2D eigenvalue weighted by Gasteiger charge is -2.06. The van der Waals surface area contributed by atoms with E-state index in [1.54, 1.807) is 0 Å². The molecule has 118 valence electrons. The van der Waals surface area contributed by atoms with Crippen LogP contribution in [0.1, 0.15) is 11.1 Å². The molecule has 0 saturated heterocycles. The molecule has 0 amide bonds. The van der Waals surface area contributed by atoms with Crippen LogP contribution in [-0.2, 0) is 4.79 Å². The molecule has 0 aromatic heterocycles. The van der Waals surface area contributed by atoms with Crippen LogP contribution in [0.5, 0.6) is 0 Å². The largest absolute Gasteiger partial charge is 0.478 e. The average molecular weight is 373 g/mol. The summed E-state index contributed by atoms with van der Waals surface area (Å²) in [6.07, 6.45) is 1.17. The zero-order chi connectivity index (χ0) is 17.1. The number of hydrogen-bond donors (Lipinski definition) is 1. The zero-order valence-electron chi connectivity index (χ0n) is 11.3. The van der Waals surface area contributed by atoms with Gasteiger partial charge in [0.2, 0.25) is 0 Å². The van der Waals surface area contributed by atoms with Crippen molar-refractivity contribution in [2.24, 2.45) is 0 Å². The molecule has 0 aliphatic rings. The molecule has 0 saturated carbocycles. The van der Waals surface area contributed by atoms with Gasteiger partial charge in [-0.1, -0.05) is 40.9 Å². The fraction of sp³-hybridized carbons (Fsp3) is 0. The van der Waals surface area contributed by atoms with E-state index in [9.17, 15) is 20.0 Å². The summed E-state index contributed by atoms with van der Waals surface area (Å²) in [7, 11) is 0. The van der Waals surface area contributed by atoms with Crippen molar-refractivity contribution in [2.75, 3.05) is 0 Å². The molecule has 0 heterocycles. The molecule has 0 fully saturated rings. The minimum atomic E-state index is -1.27. The summed E-state index contributed by atoms with van der Waals surface area (Å²) in [6, 6.07) is 8.17. The van der Waals surface area contributed by atoms with Crippen LogP contribution in [0.2, 0.25) is 15.1 Å². The third-order valence-electron chi connectivity index (χ3n) is 2.95. The lowest BCUT2D eigenvalue weighted by atomic mass is 10.0. The molecule has 8 heteroatoms. The minimum absolute atomic E-state index is 0.0750. The molecule has 2 aromatic rings. The number of carbonyl (C=O) groups is 1. The second-order valence-corrected chi connectivity index (χ2v) is 5.70. The van der Waals surface area contributed by atoms with Crippen molar-refractivity contribution in [3.63, 3.8) is 0 Å². The predicted octanol–water partition coefficient (Wildman–Crippen LogP) is 5.18. The monoisotopic (exact) mass is 371 g/mol. The van der Waals surface area contributed by atoms with E-state index < -0.39 is 10.9 Å². The second kappa shape index (κ2) is 7.00. The molecule has 1 N–H and O–H groups in total. The van der Waals surface area contributed by atoms with Crippen LogP contribution in [-0.4, -0.2) is 16.0 Å². The Morgan fingerprint density at radius 2 is 1.78 bits per heavy atom. The first-order valence-corrected chi connectivity index (χ1v) is 7.27. The van der Waals surface area contributed by atoms with Gasteiger partial charge in [-0.05, 0) is 35.9 Å². The van der Waals surface area contributed by atoms with E-state index in [1.807, 2.05) is 0 Å². The first-order chi connectivity index (χ1) is 10.8. The van der Waals surface area contributed by atoms with E-state index in [0.29, 0.717) is 0 Å². The highest BCUT2D eigenvalue weighted by molar-refractivity contribution is 6.42. The molecule has 0 aliphatic carbocycles. The molecule has 2 rings (SSSR count). The molecular formula is C15H8Cl3NO4. The third kappa shape index (κ3) is 4.01. The number of nitro groups is 1. The summed E-state index contributed by atoms with van der Waals surface area (Å²) in [5.74, 6) is -1.27. The molecule has 0 aliphatic heterocycles. The Morgan fingerprint density at radius 3 is 2.35 bits per heavy atom. The lowest BCUT2D eigenvalue weighted by Crippen LogP contribution is -2.01. The number of rotatable bonds is 4. The van der Waals surface area contributed by atoms with Gasteiger partial charge < -0.3 is 5.11 Å². The van der Waals surface area contributed by atoms with Gasteiger partial charge in [-0.25, -0.2) is 4.79 Å². The smallest absolute Gasteiger partial charge is 0.336 e. The number of benzene rings is 2. The second-order valence-electron chi connectivity index (χ2n) is 4.45. The van der Waals surface area contributed by atoms with Crippen molar-refractivity contribution in [3.05, 3.63) is 72.7 Å². The first-order valence-electron chi connectivity index (χ1n) is 6.14. The molecule has 0 bridgehead atoms. The molecule has 0 spiro atoms. The molecule has 0 atom stereocenters.